The second-order valence-corrected chi connectivity index (χ2v) is 9.87. The number of hydrogen-bond donors (Lipinski definition) is 2. The molecule has 0 unspecified atom stereocenters. The second-order valence-electron chi connectivity index (χ2n) is 9.87. The monoisotopic (exact) mass is 547 g/mol. The number of carbonyl (C=O) groups is 2. The van der Waals surface area contributed by atoms with Gasteiger partial charge in [0.25, 0.3) is 5.56 Å². The molecule has 7 nitrogen and oxygen atoms in total. The number of rotatable bonds is 9. The van der Waals surface area contributed by atoms with E-state index >= 15 is 8.78 Å². The van der Waals surface area contributed by atoms with Gasteiger partial charge in [0.2, 0.25) is 0 Å². The van der Waals surface area contributed by atoms with Crippen molar-refractivity contribution < 1.29 is 31.9 Å². The van der Waals surface area contributed by atoms with Gasteiger partial charge in [-0.25, -0.2) is 17.6 Å². The zero-order chi connectivity index (χ0) is 29.1. The van der Waals surface area contributed by atoms with E-state index in [0.29, 0.717) is 17.1 Å². The predicted octanol–water partition coefficient (Wildman–Crippen LogP) is 4.46. The van der Waals surface area contributed by atoms with Crippen LogP contribution in [0.5, 0.6) is 0 Å². The Hall–Kier alpha value is -3.99. The molecule has 0 fully saturated rings. The molecule has 3 N–H and O–H groups in total. The number of nitrogen functional groups attached to an aromatic ring is 1. The minimum Gasteiger partial charge on any atom is -0.459 e. The first-order chi connectivity index (χ1) is 18.2. The second kappa shape index (κ2) is 11.8. The molecule has 2 aromatic carbocycles. The Kier molecular flexibility index (Phi) is 8.96. The van der Waals surface area contributed by atoms with Crippen molar-refractivity contribution in [2.24, 2.45) is 0 Å². The van der Waals surface area contributed by atoms with Gasteiger partial charge in [-0.1, -0.05) is 6.92 Å². The molecule has 1 aromatic heterocycles. The van der Waals surface area contributed by atoms with Gasteiger partial charge in [-0.3, -0.25) is 19.0 Å². The van der Waals surface area contributed by atoms with Gasteiger partial charge in [-0.2, -0.15) is 0 Å². The summed E-state index contributed by atoms with van der Waals surface area (Å²) in [6.07, 6.45) is 0.579. The Balaban J connectivity index is 1.87. The number of aromatic nitrogens is 1. The van der Waals surface area contributed by atoms with Crippen LogP contribution in [0.25, 0.3) is 5.69 Å². The van der Waals surface area contributed by atoms with Gasteiger partial charge in [0.1, 0.15) is 34.8 Å². The lowest BCUT2D eigenvalue weighted by Gasteiger charge is -2.24. The highest BCUT2D eigenvalue weighted by atomic mass is 19.1. The highest BCUT2D eigenvalue weighted by Gasteiger charge is 2.25. The summed E-state index contributed by atoms with van der Waals surface area (Å²) in [5, 5.41) is 3.00. The molecule has 0 radical (unpaired) electrons. The molecular formula is C28H29F4N3O4. The Morgan fingerprint density at radius 1 is 0.974 bits per heavy atom. The summed E-state index contributed by atoms with van der Waals surface area (Å²) in [6.45, 7) is 7.23. The number of halogens is 4. The molecule has 0 aliphatic carbocycles. The summed E-state index contributed by atoms with van der Waals surface area (Å²) < 4.78 is 63.6. The molecule has 0 saturated heterocycles. The molecule has 3 aromatic rings. The number of nitrogens with two attached hydrogens (primary N) is 1. The maximum atomic E-state index is 15.2. The third-order valence-corrected chi connectivity index (χ3v) is 5.75. The third-order valence-electron chi connectivity index (χ3n) is 5.75. The van der Waals surface area contributed by atoms with Crippen LogP contribution in [0, 0.1) is 23.3 Å². The fourth-order valence-electron chi connectivity index (χ4n) is 3.93. The van der Waals surface area contributed by atoms with E-state index in [4.69, 9.17) is 10.5 Å². The number of pyridine rings is 1. The van der Waals surface area contributed by atoms with Gasteiger partial charge >= 0.3 is 5.97 Å². The third kappa shape index (κ3) is 6.91. The Morgan fingerprint density at radius 3 is 2.15 bits per heavy atom. The van der Waals surface area contributed by atoms with Crippen LogP contribution in [-0.4, -0.2) is 34.5 Å². The summed E-state index contributed by atoms with van der Waals surface area (Å²) in [7, 11) is 0. The molecule has 0 bridgehead atoms. The zero-order valence-electron chi connectivity index (χ0n) is 21.9. The fraction of sp³-hybridized carbons (Fsp3) is 0.321. The maximum absolute atomic E-state index is 15.2. The van der Waals surface area contributed by atoms with E-state index in [2.05, 4.69) is 5.32 Å². The minimum atomic E-state index is -1.16. The van der Waals surface area contributed by atoms with Crippen molar-refractivity contribution in [2.45, 2.75) is 52.2 Å². The van der Waals surface area contributed by atoms with Gasteiger partial charge in [0, 0.05) is 12.1 Å². The number of hydrogen-bond acceptors (Lipinski definition) is 6. The first kappa shape index (κ1) is 29.6. The van der Waals surface area contributed by atoms with Gasteiger partial charge in [-0.05, 0) is 76.1 Å². The number of nitrogens with one attached hydrogen (secondary N) is 1. The lowest BCUT2D eigenvalue weighted by Crippen LogP contribution is -2.41. The van der Waals surface area contributed by atoms with Crippen molar-refractivity contribution >= 4 is 17.6 Å². The molecule has 0 aliphatic rings. The van der Waals surface area contributed by atoms with Crippen LogP contribution in [0.4, 0.5) is 23.4 Å². The smallest absolute Gasteiger partial charge is 0.323 e. The predicted molar refractivity (Wildman–Crippen MR) is 138 cm³/mol. The molecule has 3 rings (SSSR count). The Labute approximate surface area is 222 Å². The molecule has 39 heavy (non-hydrogen) atoms. The molecule has 1 heterocycles. The van der Waals surface area contributed by atoms with Crippen molar-refractivity contribution in [2.75, 3.05) is 12.3 Å². The van der Waals surface area contributed by atoms with Crippen LogP contribution >= 0.6 is 0 Å². The first-order valence-corrected chi connectivity index (χ1v) is 12.2. The maximum Gasteiger partial charge on any atom is 0.323 e. The Bertz CT molecular complexity index is 1440. The van der Waals surface area contributed by atoms with Crippen LogP contribution in [0.15, 0.2) is 47.3 Å². The summed E-state index contributed by atoms with van der Waals surface area (Å²) >= 11 is 0. The number of ketones is 1. The lowest BCUT2D eigenvalue weighted by molar-refractivity contribution is -0.157. The quantitative estimate of drug-likeness (QED) is 0.233. The van der Waals surface area contributed by atoms with E-state index in [-0.39, 0.29) is 18.5 Å². The number of carbonyl (C=O) groups excluding carboxylic acids is 2. The van der Waals surface area contributed by atoms with Gasteiger partial charge in [0.15, 0.2) is 17.4 Å². The fourth-order valence-corrected chi connectivity index (χ4v) is 3.93. The SMILES string of the molecule is CC[C@H](NCCc1cc(F)c(-n2c(N)c(C(=O)c3ccc(F)cc3F)ccc2=O)c(F)c1)C(=O)OC(C)(C)C. The van der Waals surface area contributed by atoms with Crippen molar-refractivity contribution in [3.8, 4) is 5.69 Å². The highest BCUT2D eigenvalue weighted by Crippen LogP contribution is 2.25. The van der Waals surface area contributed by atoms with Crippen molar-refractivity contribution in [3.63, 3.8) is 0 Å². The molecule has 0 saturated carbocycles. The van der Waals surface area contributed by atoms with Crippen molar-refractivity contribution in [1.29, 1.82) is 0 Å². The van der Waals surface area contributed by atoms with Gasteiger partial charge < -0.3 is 15.8 Å². The highest BCUT2D eigenvalue weighted by molar-refractivity contribution is 6.11. The van der Waals surface area contributed by atoms with Gasteiger partial charge in [-0.15, -0.1) is 0 Å². The summed E-state index contributed by atoms with van der Waals surface area (Å²) in [5.74, 6) is -6.39. The first-order valence-electron chi connectivity index (χ1n) is 12.2. The molecule has 0 aliphatic heterocycles. The average molecular weight is 548 g/mol. The standard InChI is InChI=1S/C28H29F4N3O4/c1-5-22(27(38)39-28(2,3)4)34-11-10-15-12-20(31)24(21(32)13-15)35-23(36)9-8-18(26(35)33)25(37)17-7-6-16(29)14-19(17)30/h6-9,12-14,22,34H,5,10-11,33H2,1-4H3/t22-/m0/s1. The molecule has 208 valence electrons. The van der Waals surface area contributed by atoms with Crippen LogP contribution in [-0.2, 0) is 16.0 Å². The number of esters is 1. The van der Waals surface area contributed by atoms with E-state index < -0.39 is 74.9 Å². The molecule has 0 amide bonds. The number of ether oxygens (including phenoxy) is 1. The number of anilines is 1. The van der Waals surface area contributed by atoms with E-state index in [1.54, 1.807) is 27.7 Å². The Morgan fingerprint density at radius 2 is 1.59 bits per heavy atom. The van der Waals surface area contributed by atoms with Crippen LogP contribution in [0.3, 0.4) is 0 Å². The summed E-state index contributed by atoms with van der Waals surface area (Å²) in [5.41, 5.74) is 2.85. The number of benzene rings is 2. The summed E-state index contributed by atoms with van der Waals surface area (Å²) in [4.78, 5) is 37.7. The van der Waals surface area contributed by atoms with E-state index in [1.165, 1.54) is 0 Å². The van der Waals surface area contributed by atoms with E-state index in [1.807, 2.05) is 0 Å². The number of nitrogens with zero attached hydrogens (tertiary/aromatic N) is 1. The summed E-state index contributed by atoms with van der Waals surface area (Å²) in [6, 6.07) is 5.55. The largest absolute Gasteiger partial charge is 0.459 e. The van der Waals surface area contributed by atoms with E-state index in [0.717, 1.165) is 36.4 Å². The molecule has 11 heteroatoms. The topological polar surface area (TPSA) is 103 Å². The molecule has 1 atom stereocenters. The van der Waals surface area contributed by atoms with Gasteiger partial charge in [0.05, 0.1) is 11.1 Å². The molecular weight excluding hydrogens is 518 g/mol. The van der Waals surface area contributed by atoms with Crippen molar-refractivity contribution in [3.05, 3.63) is 92.8 Å². The normalized spacial score (nSPS) is 12.3. The van der Waals surface area contributed by atoms with Crippen LogP contribution in [0.1, 0.15) is 55.6 Å². The van der Waals surface area contributed by atoms with Crippen LogP contribution in [0.2, 0.25) is 0 Å². The average Bonchev–Trinajstić information content (AvgIpc) is 2.82. The van der Waals surface area contributed by atoms with Crippen LogP contribution < -0.4 is 16.6 Å². The van der Waals surface area contributed by atoms with E-state index in [9.17, 15) is 23.2 Å². The van der Waals surface area contributed by atoms with Crippen molar-refractivity contribution in [1.82, 2.24) is 9.88 Å². The minimum absolute atomic E-state index is 0.139. The lowest BCUT2D eigenvalue weighted by atomic mass is 10.0. The molecule has 0 spiro atoms. The zero-order valence-corrected chi connectivity index (χ0v) is 21.9.